The van der Waals surface area contributed by atoms with Gasteiger partial charge in [-0.15, -0.1) is 11.3 Å². The van der Waals surface area contributed by atoms with Gasteiger partial charge in [-0.05, 0) is 63.1 Å². The van der Waals surface area contributed by atoms with Gasteiger partial charge in [0.15, 0.2) is 0 Å². The Labute approximate surface area is 313 Å². The summed E-state index contributed by atoms with van der Waals surface area (Å²) in [7, 11) is 3.79. The Morgan fingerprint density at radius 1 is 1.10 bits per heavy atom. The van der Waals surface area contributed by atoms with Gasteiger partial charge in [-0.25, -0.2) is 4.98 Å². The number of hydrogen-bond donors (Lipinski definition) is 4. The molecule has 52 heavy (non-hydrogen) atoms. The minimum Gasteiger partial charge on any atom is -0.463 e. The standard InChI is InChI=1S/C39H61N5O7S/c1-8-26(4)35(42-37(48)33-16-12-13-19-43(33)6)38(49)44(7)32(25(2)3)17-18-34-41-31(24-52-34)36(47)40-29(21-28-14-10-9-11-15-28)20-27(5)39(50)51-23-30(46)22-45/h9-11,14-15,24-27,29-30,32-33,35,45-46H,8,12-13,16-23H2,1-7H3,(H,40,47)(H,42,48)/t26-,27-,29+,30?,32+,33+,35-/m0/s1. The third-order valence-corrected chi connectivity index (χ3v) is 11.1. The van der Waals surface area contributed by atoms with Crippen molar-refractivity contribution < 1.29 is 34.1 Å². The molecular weight excluding hydrogens is 683 g/mol. The molecule has 1 aliphatic heterocycles. The highest BCUT2D eigenvalue weighted by Gasteiger charge is 2.35. The molecule has 1 aliphatic rings. The van der Waals surface area contributed by atoms with Gasteiger partial charge in [0, 0.05) is 30.9 Å². The van der Waals surface area contributed by atoms with Crippen molar-refractivity contribution in [2.24, 2.45) is 17.8 Å². The zero-order valence-corrected chi connectivity index (χ0v) is 32.9. The predicted octanol–water partition coefficient (Wildman–Crippen LogP) is 3.84. The molecule has 1 aromatic heterocycles. The smallest absolute Gasteiger partial charge is 0.308 e. The van der Waals surface area contributed by atoms with Gasteiger partial charge in [0.2, 0.25) is 11.8 Å². The third kappa shape index (κ3) is 12.9. The summed E-state index contributed by atoms with van der Waals surface area (Å²) in [5, 5.41) is 27.3. The molecule has 0 aliphatic carbocycles. The Morgan fingerprint density at radius 2 is 1.81 bits per heavy atom. The molecule has 0 radical (unpaired) electrons. The molecule has 12 nitrogen and oxygen atoms in total. The van der Waals surface area contributed by atoms with Crippen LogP contribution in [0.3, 0.4) is 0 Å². The van der Waals surface area contributed by atoms with Gasteiger partial charge in [0.25, 0.3) is 5.91 Å². The number of carbonyl (C=O) groups excluding carboxylic acids is 4. The fourth-order valence-corrected chi connectivity index (χ4v) is 7.54. The molecule has 7 atom stereocenters. The number of aliphatic hydroxyl groups excluding tert-OH is 2. The van der Waals surface area contributed by atoms with Gasteiger partial charge in [0.05, 0.1) is 23.6 Å². The molecule has 2 aromatic rings. The van der Waals surface area contributed by atoms with Crippen LogP contribution in [-0.4, -0.2) is 113 Å². The maximum atomic E-state index is 14.0. The largest absolute Gasteiger partial charge is 0.463 e. The van der Waals surface area contributed by atoms with E-state index in [1.54, 1.807) is 17.2 Å². The number of aryl methyl sites for hydroxylation is 1. The normalized spacial score (nSPS) is 18.5. The van der Waals surface area contributed by atoms with E-state index in [9.17, 15) is 24.3 Å². The molecular formula is C39H61N5O7S. The molecule has 13 heteroatoms. The number of benzene rings is 1. The van der Waals surface area contributed by atoms with Crippen molar-refractivity contribution in [2.75, 3.05) is 33.9 Å². The van der Waals surface area contributed by atoms with Crippen LogP contribution in [0.25, 0.3) is 0 Å². The van der Waals surface area contributed by atoms with Gasteiger partial charge in [-0.3, -0.25) is 24.1 Å². The van der Waals surface area contributed by atoms with E-state index in [-0.39, 0.29) is 53.9 Å². The molecule has 0 saturated carbocycles. The van der Waals surface area contributed by atoms with Crippen molar-refractivity contribution in [3.8, 4) is 0 Å². The highest BCUT2D eigenvalue weighted by molar-refractivity contribution is 7.09. The molecule has 4 N–H and O–H groups in total. The number of carbonyl (C=O) groups is 4. The second-order valence-corrected chi connectivity index (χ2v) is 15.7. The number of likely N-dealkylation sites (N-methyl/N-ethyl adjacent to an activating group) is 2. The van der Waals surface area contributed by atoms with Gasteiger partial charge >= 0.3 is 5.97 Å². The molecule has 1 saturated heterocycles. The van der Waals surface area contributed by atoms with E-state index in [1.165, 1.54) is 11.3 Å². The van der Waals surface area contributed by atoms with Crippen molar-refractivity contribution in [3.05, 3.63) is 52.0 Å². The molecule has 0 spiro atoms. The summed E-state index contributed by atoms with van der Waals surface area (Å²) >= 11 is 1.40. The number of nitrogens with one attached hydrogen (secondary N) is 2. The number of rotatable bonds is 20. The number of likely N-dealkylation sites (tertiary alicyclic amines) is 1. The van der Waals surface area contributed by atoms with Gasteiger partial charge in [-0.1, -0.05) is 77.8 Å². The molecule has 1 unspecified atom stereocenters. The summed E-state index contributed by atoms with van der Waals surface area (Å²) in [6, 6.07) is 8.33. The van der Waals surface area contributed by atoms with Crippen LogP contribution in [0, 0.1) is 17.8 Å². The van der Waals surface area contributed by atoms with Crippen molar-refractivity contribution >= 4 is 35.0 Å². The number of aliphatic hydroxyl groups is 2. The number of hydrogen-bond acceptors (Lipinski definition) is 10. The number of esters is 1. The fraction of sp³-hybridized carbons (Fsp3) is 0.667. The predicted molar refractivity (Wildman–Crippen MR) is 203 cm³/mol. The number of aromatic nitrogens is 1. The minimum atomic E-state index is -1.14. The van der Waals surface area contributed by atoms with Crippen LogP contribution in [0.1, 0.15) is 94.2 Å². The van der Waals surface area contributed by atoms with Gasteiger partial charge < -0.3 is 30.5 Å². The summed E-state index contributed by atoms with van der Waals surface area (Å²) in [6.07, 6.45) is 4.49. The Balaban J connectivity index is 1.66. The zero-order valence-electron chi connectivity index (χ0n) is 32.0. The van der Waals surface area contributed by atoms with Crippen molar-refractivity contribution in [1.29, 1.82) is 0 Å². The second-order valence-electron chi connectivity index (χ2n) is 14.8. The number of piperidine rings is 1. The lowest BCUT2D eigenvalue weighted by molar-refractivity contribution is -0.152. The Bertz CT molecular complexity index is 1420. The molecule has 1 aromatic carbocycles. The first kappa shape index (κ1) is 43.0. The van der Waals surface area contributed by atoms with Crippen molar-refractivity contribution in [3.63, 3.8) is 0 Å². The summed E-state index contributed by atoms with van der Waals surface area (Å²) in [6.45, 7) is 9.99. The Hall–Kier alpha value is -3.39. The average molecular weight is 744 g/mol. The van der Waals surface area contributed by atoms with Crippen LogP contribution in [0.2, 0.25) is 0 Å². The molecule has 0 bridgehead atoms. The van der Waals surface area contributed by atoms with E-state index >= 15 is 0 Å². The van der Waals surface area contributed by atoms with Crippen LogP contribution < -0.4 is 10.6 Å². The fourth-order valence-electron chi connectivity index (χ4n) is 6.74. The van der Waals surface area contributed by atoms with Gasteiger partial charge in [0.1, 0.15) is 24.4 Å². The van der Waals surface area contributed by atoms with E-state index < -0.39 is 36.7 Å². The van der Waals surface area contributed by atoms with E-state index in [4.69, 9.17) is 9.84 Å². The lowest BCUT2D eigenvalue weighted by Crippen LogP contribution is -2.57. The highest BCUT2D eigenvalue weighted by Crippen LogP contribution is 2.23. The van der Waals surface area contributed by atoms with E-state index in [0.717, 1.165) is 42.8 Å². The lowest BCUT2D eigenvalue weighted by atomic mass is 9.93. The number of amides is 3. The SMILES string of the molecule is CC[C@H](C)[C@H](NC(=O)[C@H]1CCCCN1C)C(=O)N(C)[C@H](CCc1nc(C(=O)N[C@@H](Cc2ccccc2)C[C@H](C)C(=O)OCC(O)CO)cs1)C(C)C. The topological polar surface area (TPSA) is 161 Å². The Kier molecular flexibility index (Phi) is 17.7. The average Bonchev–Trinajstić information content (AvgIpc) is 3.61. The number of ether oxygens (including phenoxy) is 1. The molecule has 290 valence electrons. The lowest BCUT2D eigenvalue weighted by Gasteiger charge is -2.37. The van der Waals surface area contributed by atoms with E-state index in [2.05, 4.69) is 34.4 Å². The second kappa shape index (κ2) is 21.3. The zero-order chi connectivity index (χ0) is 38.4. The van der Waals surface area contributed by atoms with Crippen molar-refractivity contribution in [1.82, 2.24) is 25.4 Å². The van der Waals surface area contributed by atoms with Crippen LogP contribution >= 0.6 is 11.3 Å². The number of nitrogens with zero attached hydrogens (tertiary/aromatic N) is 3. The minimum absolute atomic E-state index is 0.0286. The first-order valence-electron chi connectivity index (χ1n) is 18.8. The number of thiazole rings is 1. The quantitative estimate of drug-likeness (QED) is 0.148. The van der Waals surface area contributed by atoms with Crippen LogP contribution in [-0.2, 0) is 32.0 Å². The molecule has 3 rings (SSSR count). The maximum Gasteiger partial charge on any atom is 0.308 e. The van der Waals surface area contributed by atoms with Crippen LogP contribution in [0.5, 0.6) is 0 Å². The molecule has 3 amide bonds. The summed E-state index contributed by atoms with van der Waals surface area (Å²) in [5.41, 5.74) is 1.29. The van der Waals surface area contributed by atoms with E-state index in [0.29, 0.717) is 25.7 Å². The van der Waals surface area contributed by atoms with Crippen molar-refractivity contribution in [2.45, 2.75) is 116 Å². The van der Waals surface area contributed by atoms with Crippen LogP contribution in [0.15, 0.2) is 35.7 Å². The summed E-state index contributed by atoms with van der Waals surface area (Å²) in [5.74, 6) is -1.49. The summed E-state index contributed by atoms with van der Waals surface area (Å²) in [4.78, 5) is 61.9. The first-order valence-corrected chi connectivity index (χ1v) is 19.7. The van der Waals surface area contributed by atoms with E-state index in [1.807, 2.05) is 58.3 Å². The highest BCUT2D eigenvalue weighted by atomic mass is 32.1. The molecule has 2 heterocycles. The third-order valence-electron chi connectivity index (χ3n) is 10.2. The van der Waals surface area contributed by atoms with Gasteiger partial charge in [-0.2, -0.15) is 0 Å². The Morgan fingerprint density at radius 3 is 2.44 bits per heavy atom. The molecule has 1 fully saturated rings. The summed E-state index contributed by atoms with van der Waals surface area (Å²) < 4.78 is 5.15. The first-order chi connectivity index (χ1) is 24.7. The maximum absolute atomic E-state index is 14.0. The van der Waals surface area contributed by atoms with Crippen LogP contribution in [0.4, 0.5) is 0 Å². The monoisotopic (exact) mass is 743 g/mol.